The molecule has 16 rings (SSSR count). The molecule has 0 bridgehead atoms. The van der Waals surface area contributed by atoms with E-state index in [-0.39, 0.29) is 66.0 Å². The van der Waals surface area contributed by atoms with Gasteiger partial charge in [-0.2, -0.15) is 5.10 Å². The summed E-state index contributed by atoms with van der Waals surface area (Å²) in [6.45, 7) is 22.7. The van der Waals surface area contributed by atoms with E-state index >= 15 is 0 Å². The van der Waals surface area contributed by atoms with E-state index in [1.165, 1.54) is 21.1 Å². The summed E-state index contributed by atoms with van der Waals surface area (Å²) in [4.78, 5) is 72.1. The van der Waals surface area contributed by atoms with Crippen molar-refractivity contribution in [2.45, 2.75) is 120 Å². The Morgan fingerprint density at radius 3 is 1.20 bits per heavy atom. The number of aromatic nitrogens is 11. The molecule has 0 radical (unpaired) electrons. The minimum absolute atomic E-state index is 0.0475. The number of carbonyl (C=O) groups excluding carboxylic acids is 2. The van der Waals surface area contributed by atoms with Crippen LogP contribution in [0.4, 0.5) is 17.1 Å². The second kappa shape index (κ2) is 43.0. The number of ketones is 1. The fourth-order valence-corrected chi connectivity index (χ4v) is 15.7. The topological polar surface area (TPSA) is 434 Å². The Balaban J connectivity index is 0.000000152. The van der Waals surface area contributed by atoms with Gasteiger partial charge in [0.25, 0.3) is 0 Å². The molecule has 0 unspecified atom stereocenters. The fourth-order valence-electron chi connectivity index (χ4n) is 15.7. The number of ether oxygens (including phenoxy) is 2. The molecule has 9 aromatic heterocycles. The van der Waals surface area contributed by atoms with Crippen LogP contribution in [0.1, 0.15) is 183 Å². The molecule has 29 heteroatoms. The number of Topliss-reactive ketones (excluding diaryl/α,β-unsaturated/α-hetero) is 1. The van der Waals surface area contributed by atoms with Gasteiger partial charge in [0.1, 0.15) is 23.0 Å². The van der Waals surface area contributed by atoms with E-state index in [2.05, 4.69) is 74.3 Å². The van der Waals surface area contributed by atoms with Crippen LogP contribution in [0.15, 0.2) is 275 Å². The summed E-state index contributed by atoms with van der Waals surface area (Å²) in [6, 6.07) is 67.7. The van der Waals surface area contributed by atoms with Crippen molar-refractivity contribution < 1.29 is 52.4 Å². The lowest BCUT2D eigenvalue weighted by Gasteiger charge is -2.20. The molecule has 0 spiro atoms. The molecule has 4 atom stereocenters. The van der Waals surface area contributed by atoms with E-state index < -0.39 is 11.9 Å². The van der Waals surface area contributed by atoms with Crippen molar-refractivity contribution in [3.63, 3.8) is 0 Å². The molecular formula is C105H102N18O11. The SMILES string of the molecule is COC(=O)Cc1ccc(C(=N)c2ccc(-c3c(C)noc3C)cc2N[C@@H](C)c2ccccn2)cc1.COc1ncc(C(=N)c2ccc(C(C(C)=O)=C(C)N)cc2N[C@@H](C)c2ccccn2)cn1.Cc1noc(C)c1-c1ccc(C(=N)c2ccc(CC(=O)O)cc2)c(N[C@@H](C)c2ccccn2)c1.Cc1noc(C)c1-c1ccc2c(-c3ccc(C(=O)O)cc3)nn([C@@H](C)c3ccccn3)c2c1. The Kier molecular flexibility index (Phi) is 30.4. The lowest BCUT2D eigenvalue weighted by Crippen LogP contribution is -2.14. The fraction of sp³-hybridized carbons (Fsp3) is 0.190. The van der Waals surface area contributed by atoms with Crippen LogP contribution >= 0.6 is 0 Å². The molecule has 29 nitrogen and oxygen atoms in total. The van der Waals surface area contributed by atoms with Crippen molar-refractivity contribution in [2.24, 2.45) is 5.73 Å². The van der Waals surface area contributed by atoms with Gasteiger partial charge in [-0.05, 0) is 207 Å². The van der Waals surface area contributed by atoms with Gasteiger partial charge >= 0.3 is 23.9 Å². The molecule has 0 aliphatic rings. The van der Waals surface area contributed by atoms with Crippen molar-refractivity contribution in [2.75, 3.05) is 30.2 Å². The van der Waals surface area contributed by atoms with Gasteiger partial charge in [0.2, 0.25) is 0 Å². The zero-order valence-corrected chi connectivity index (χ0v) is 76.5. The summed E-state index contributed by atoms with van der Waals surface area (Å²) in [5, 5.41) is 73.6. The number of aromatic carboxylic acids is 1. The number of fused-ring (bicyclic) bond motifs is 1. The van der Waals surface area contributed by atoms with E-state index in [0.29, 0.717) is 56.2 Å². The Bertz CT molecular complexity index is 6900. The molecule has 134 heavy (non-hydrogen) atoms. The summed E-state index contributed by atoms with van der Waals surface area (Å²) in [5.41, 5.74) is 31.0. The maximum atomic E-state index is 12.2. The molecule has 7 aromatic carbocycles. The van der Waals surface area contributed by atoms with Gasteiger partial charge in [-0.3, -0.25) is 55.2 Å². The number of allylic oxidation sites excluding steroid dienone is 2. The Hall–Kier alpha value is -16.9. The van der Waals surface area contributed by atoms with Crippen molar-refractivity contribution in [1.82, 2.24) is 55.2 Å². The summed E-state index contributed by atoms with van der Waals surface area (Å²) in [5.74, 6) is -0.0103. The highest BCUT2D eigenvalue weighted by molar-refractivity contribution is 6.21. The van der Waals surface area contributed by atoms with Crippen LogP contribution in [0.5, 0.6) is 6.01 Å². The first-order valence-corrected chi connectivity index (χ1v) is 43.0. The van der Waals surface area contributed by atoms with Crippen LogP contribution in [-0.4, -0.2) is 120 Å². The molecule has 0 aliphatic carbocycles. The molecule has 678 valence electrons. The summed E-state index contributed by atoms with van der Waals surface area (Å²) < 4.78 is 27.8. The number of nitrogens with zero attached hydrogens (tertiary/aromatic N) is 11. The third kappa shape index (κ3) is 22.5. The Morgan fingerprint density at radius 1 is 0.440 bits per heavy atom. The highest BCUT2D eigenvalue weighted by Gasteiger charge is 2.26. The van der Waals surface area contributed by atoms with Crippen molar-refractivity contribution in [1.29, 1.82) is 16.2 Å². The molecule has 0 saturated carbocycles. The number of pyridine rings is 4. The number of hydrogen-bond acceptors (Lipinski definition) is 26. The Labute approximate surface area is 774 Å². The standard InChI is InChI=1S/C28H28N4O3.C27H26N4O3.C26H22N4O3.C24H26N6O2/c1-17(24-7-5-6-14-30-24)31-25-16-22(27-18(2)32-35-19(27)3)12-13-23(25)28(29)21-10-8-20(9-11-21)15-26(33)34-4;1-16(23-6-4-5-13-29-23)30-24-15-21(26-17(2)31-34-18(26)3)11-12-22(24)27(28)20-9-7-19(8-10-20)14-25(32)33;1-15-24(17(3)33-29-15)20-11-12-21-23(14-20)30(16(2)22-6-4-5-13-27-22)28-25(21)18-7-9-19(10-8-18)26(31)32;1-14(25)22(16(3)31)17-8-9-19(23(26)18-12-28-24(32-4)29-13-18)21(11-17)30-15(2)20-7-5-6-10-27-20/h5-14,16-17,29,31H,15H2,1-4H3;4-13,15-16,28,30H,14H2,1-3H3,(H,32,33);4-14,16H,1-3H3,(H,31,32);5-13,15,26,30H,25H2,1-4H3/t17-;2*16-;15-/m0000/s1. The number of anilines is 3. The quantitative estimate of drug-likeness (QED) is 0.0119. The van der Waals surface area contributed by atoms with Crippen LogP contribution in [0.25, 0.3) is 61.1 Å². The summed E-state index contributed by atoms with van der Waals surface area (Å²) in [7, 11) is 2.86. The van der Waals surface area contributed by atoms with Crippen molar-refractivity contribution >= 4 is 74.4 Å². The zero-order valence-electron chi connectivity index (χ0n) is 76.5. The van der Waals surface area contributed by atoms with E-state index in [9.17, 15) is 24.3 Å². The first kappa shape index (κ1) is 94.8. The van der Waals surface area contributed by atoms with Gasteiger partial charge in [0.15, 0.2) is 5.78 Å². The molecule has 0 aliphatic heterocycles. The zero-order chi connectivity index (χ0) is 95.6. The number of carboxylic acids is 2. The molecule has 9 heterocycles. The van der Waals surface area contributed by atoms with E-state index in [4.69, 9.17) is 55.2 Å². The largest absolute Gasteiger partial charge is 0.481 e. The second-order valence-corrected chi connectivity index (χ2v) is 32.0. The summed E-state index contributed by atoms with van der Waals surface area (Å²) in [6.07, 6.45) is 10.3. The molecule has 10 N–H and O–H groups in total. The first-order chi connectivity index (χ1) is 64.4. The first-order valence-electron chi connectivity index (χ1n) is 43.0. The average molecular weight is 1790 g/mol. The molecule has 0 fully saturated rings. The van der Waals surface area contributed by atoms with Gasteiger partial charge in [-0.1, -0.05) is 143 Å². The van der Waals surface area contributed by atoms with Crippen LogP contribution < -0.4 is 26.4 Å². The van der Waals surface area contributed by atoms with E-state index in [1.807, 2.05) is 219 Å². The van der Waals surface area contributed by atoms with Crippen LogP contribution in [0, 0.1) is 57.8 Å². The molecule has 0 saturated heterocycles. The predicted molar refractivity (Wildman–Crippen MR) is 517 cm³/mol. The summed E-state index contributed by atoms with van der Waals surface area (Å²) >= 11 is 0. The number of hydrogen-bond donors (Lipinski definition) is 9. The third-order valence-corrected chi connectivity index (χ3v) is 22.5. The minimum Gasteiger partial charge on any atom is -0.481 e. The highest BCUT2D eigenvalue weighted by atomic mass is 16.5. The smallest absolute Gasteiger partial charge is 0.335 e. The molecule has 16 aromatic rings. The number of methoxy groups -OCH3 is 2. The van der Waals surface area contributed by atoms with Crippen molar-refractivity contribution in [3.8, 4) is 50.6 Å². The van der Waals surface area contributed by atoms with Gasteiger partial charge < -0.3 is 54.9 Å². The van der Waals surface area contributed by atoms with Gasteiger partial charge in [-0.15, -0.1) is 0 Å². The number of carbonyl (C=O) groups is 4. The number of nitrogens with one attached hydrogen (secondary N) is 6. The number of aliphatic carboxylic acids is 1. The van der Waals surface area contributed by atoms with Crippen molar-refractivity contribution in [3.05, 3.63) is 374 Å². The number of benzene rings is 7. The molecule has 0 amide bonds. The van der Waals surface area contributed by atoms with Gasteiger partial charge in [-0.25, -0.2) is 14.8 Å². The average Bonchev–Trinajstić information content (AvgIpc) is 1.59. The highest BCUT2D eigenvalue weighted by Crippen LogP contribution is 2.40. The van der Waals surface area contributed by atoms with Gasteiger partial charge in [0, 0.05) is 127 Å². The third-order valence-electron chi connectivity index (χ3n) is 22.5. The van der Waals surface area contributed by atoms with E-state index in [1.54, 1.807) is 105 Å². The number of carboxylic acid groups (broad SMARTS) is 2. The predicted octanol–water partition coefficient (Wildman–Crippen LogP) is 20.7. The van der Waals surface area contributed by atoms with Crippen LogP contribution in [0.3, 0.4) is 0 Å². The van der Waals surface area contributed by atoms with Gasteiger partial charge in [0.05, 0.1) is 119 Å². The number of nitrogens with two attached hydrogens (primary N) is 1. The maximum Gasteiger partial charge on any atom is 0.335 e. The number of rotatable bonds is 29. The number of esters is 1. The molecular weight excluding hydrogens is 1690 g/mol. The number of aryl methyl sites for hydroxylation is 6. The van der Waals surface area contributed by atoms with E-state index in [0.717, 1.165) is 146 Å². The van der Waals surface area contributed by atoms with Crippen LogP contribution in [0.2, 0.25) is 0 Å². The monoisotopic (exact) mass is 1790 g/mol. The lowest BCUT2D eigenvalue weighted by molar-refractivity contribution is -0.140. The maximum absolute atomic E-state index is 12.2. The normalized spacial score (nSPS) is 12.0. The minimum atomic E-state index is -0.954. The Morgan fingerprint density at radius 2 is 0.821 bits per heavy atom. The lowest BCUT2D eigenvalue weighted by atomic mass is 9.95. The van der Waals surface area contributed by atoms with Crippen LogP contribution in [-0.2, 0) is 32.0 Å². The second-order valence-electron chi connectivity index (χ2n) is 32.0.